The largest absolute Gasteiger partial charge is 0.506 e. The second kappa shape index (κ2) is 8.94. The fourth-order valence-corrected chi connectivity index (χ4v) is 3.90. The maximum atomic E-state index is 12.0. The molecule has 1 fully saturated rings. The highest BCUT2D eigenvalue weighted by atomic mass is 35.5. The number of hydrogen-bond donors (Lipinski definition) is 3. The van der Waals surface area contributed by atoms with Gasteiger partial charge in [0, 0.05) is 31.1 Å². The summed E-state index contributed by atoms with van der Waals surface area (Å²) in [6, 6.07) is 2.75. The van der Waals surface area contributed by atoms with E-state index in [1.54, 1.807) is 0 Å². The molecule has 0 unspecified atom stereocenters. The molecule has 144 valence electrons. The maximum absolute atomic E-state index is 12.0. The molecular formula is C16H21Cl2N3O4S. The molecule has 0 spiro atoms. The number of anilines is 1. The number of carbonyl (C=O) groups excluding carboxylic acids is 1. The molecular weight excluding hydrogens is 401 g/mol. The van der Waals surface area contributed by atoms with E-state index in [0.29, 0.717) is 38.2 Å². The van der Waals surface area contributed by atoms with Crippen molar-refractivity contribution in [2.75, 3.05) is 31.5 Å². The Morgan fingerprint density at radius 3 is 2.54 bits per heavy atom. The number of amides is 1. The minimum absolute atomic E-state index is 0.0325. The summed E-state index contributed by atoms with van der Waals surface area (Å²) >= 11 is 11.7. The average Bonchev–Trinajstić information content (AvgIpc) is 2.62. The van der Waals surface area contributed by atoms with Gasteiger partial charge in [-0.1, -0.05) is 29.8 Å². The van der Waals surface area contributed by atoms with Crippen LogP contribution in [0.3, 0.4) is 0 Å². The van der Waals surface area contributed by atoms with Gasteiger partial charge in [0.1, 0.15) is 5.75 Å². The van der Waals surface area contributed by atoms with Gasteiger partial charge in [-0.3, -0.25) is 4.79 Å². The summed E-state index contributed by atoms with van der Waals surface area (Å²) in [4.78, 5) is 12.0. The van der Waals surface area contributed by atoms with Crippen molar-refractivity contribution in [3.05, 3.63) is 34.2 Å². The van der Waals surface area contributed by atoms with Crippen LogP contribution >= 0.6 is 23.2 Å². The molecule has 1 saturated heterocycles. The summed E-state index contributed by atoms with van der Waals surface area (Å²) in [5, 5.41) is 16.8. The molecule has 0 aliphatic carbocycles. The van der Waals surface area contributed by atoms with E-state index in [1.807, 2.05) is 0 Å². The zero-order valence-corrected chi connectivity index (χ0v) is 16.4. The number of halogens is 2. The van der Waals surface area contributed by atoms with Crippen LogP contribution in [-0.2, 0) is 14.8 Å². The lowest BCUT2D eigenvalue weighted by Crippen LogP contribution is -2.41. The third-order valence-corrected chi connectivity index (χ3v) is 6.44. The van der Waals surface area contributed by atoms with Gasteiger partial charge in [0.15, 0.2) is 0 Å². The zero-order valence-electron chi connectivity index (χ0n) is 14.0. The van der Waals surface area contributed by atoms with Crippen molar-refractivity contribution in [2.24, 2.45) is 5.92 Å². The van der Waals surface area contributed by atoms with Crippen LogP contribution < -0.4 is 10.6 Å². The van der Waals surface area contributed by atoms with Crippen LogP contribution in [0, 0.1) is 5.92 Å². The number of nitrogens with one attached hydrogen (secondary N) is 2. The molecule has 7 nitrogen and oxygen atoms in total. The van der Waals surface area contributed by atoms with Crippen LogP contribution in [0.2, 0.25) is 10.0 Å². The van der Waals surface area contributed by atoms with Crippen molar-refractivity contribution in [1.29, 1.82) is 0 Å². The monoisotopic (exact) mass is 421 g/mol. The first-order chi connectivity index (χ1) is 12.2. The molecule has 10 heteroatoms. The molecule has 0 radical (unpaired) electrons. The fourth-order valence-electron chi connectivity index (χ4n) is 2.65. The highest BCUT2D eigenvalue weighted by Gasteiger charge is 2.26. The first-order valence-corrected chi connectivity index (χ1v) is 10.3. The number of phenolic OH excluding ortho intramolecular Hbond substituents is 1. The van der Waals surface area contributed by atoms with Gasteiger partial charge in [0.25, 0.3) is 0 Å². The molecule has 0 saturated carbocycles. The van der Waals surface area contributed by atoms with E-state index in [0.717, 1.165) is 5.41 Å². The number of hydrogen-bond acceptors (Lipinski definition) is 5. The zero-order chi connectivity index (χ0) is 19.3. The van der Waals surface area contributed by atoms with Crippen LogP contribution in [0.25, 0.3) is 0 Å². The summed E-state index contributed by atoms with van der Waals surface area (Å²) in [5.41, 5.74) is 0.317. The lowest BCUT2D eigenvalue weighted by molar-refractivity contribution is -0.119. The number of sulfonamides is 1. The standard InChI is InChI=1S/C16H21Cl2N3O4S/c1-2-26(24,25)21-5-3-11(4-6-21)9-20-16(23)10-19-14-7-12(17)13(18)8-15(14)22/h2,7-8,11,19,22H,1,3-6,9-10H2,(H,20,23). The summed E-state index contributed by atoms with van der Waals surface area (Å²) in [6.45, 7) is 4.60. The van der Waals surface area contributed by atoms with Crippen molar-refractivity contribution < 1.29 is 18.3 Å². The Hall–Kier alpha value is -1.48. The molecule has 0 atom stereocenters. The van der Waals surface area contributed by atoms with Crippen molar-refractivity contribution in [3.63, 3.8) is 0 Å². The molecule has 0 bridgehead atoms. The van der Waals surface area contributed by atoms with Gasteiger partial charge in [-0.25, -0.2) is 8.42 Å². The molecule has 1 aromatic rings. The predicted octanol–water partition coefficient (Wildman–Crippen LogP) is 2.41. The Kier molecular flexibility index (Phi) is 7.16. The number of benzene rings is 1. The van der Waals surface area contributed by atoms with Gasteiger partial charge in [0.05, 0.1) is 22.3 Å². The van der Waals surface area contributed by atoms with Gasteiger partial charge in [-0.15, -0.1) is 0 Å². The highest BCUT2D eigenvalue weighted by molar-refractivity contribution is 7.92. The quantitative estimate of drug-likeness (QED) is 0.587. The Bertz CT molecular complexity index is 778. The number of nitrogens with zero attached hydrogens (tertiary/aromatic N) is 1. The summed E-state index contributed by atoms with van der Waals surface area (Å²) in [6.07, 6.45) is 1.35. The molecule has 0 aromatic heterocycles. The second-order valence-electron chi connectivity index (χ2n) is 6.00. The van der Waals surface area contributed by atoms with Crippen molar-refractivity contribution in [3.8, 4) is 5.75 Å². The second-order valence-corrected chi connectivity index (χ2v) is 8.69. The van der Waals surface area contributed by atoms with Crippen LogP contribution in [0.5, 0.6) is 5.75 Å². The number of carbonyl (C=O) groups is 1. The average molecular weight is 422 g/mol. The third kappa shape index (κ3) is 5.51. The topological polar surface area (TPSA) is 98.7 Å². The molecule has 1 amide bonds. The Balaban J connectivity index is 1.75. The van der Waals surface area contributed by atoms with E-state index in [9.17, 15) is 18.3 Å². The number of piperidine rings is 1. The highest BCUT2D eigenvalue weighted by Crippen LogP contribution is 2.33. The predicted molar refractivity (Wildman–Crippen MR) is 103 cm³/mol. The lowest BCUT2D eigenvalue weighted by Gasteiger charge is -2.30. The normalized spacial score (nSPS) is 16.2. The van der Waals surface area contributed by atoms with Gasteiger partial charge in [0.2, 0.25) is 15.9 Å². The Morgan fingerprint density at radius 2 is 1.92 bits per heavy atom. The number of rotatable bonds is 7. The third-order valence-electron chi connectivity index (χ3n) is 4.21. The van der Waals surface area contributed by atoms with Gasteiger partial charge in [-0.05, 0) is 24.8 Å². The lowest BCUT2D eigenvalue weighted by atomic mass is 9.98. The Labute approximate surface area is 163 Å². The van der Waals surface area contributed by atoms with Crippen LogP contribution in [-0.4, -0.2) is 49.9 Å². The maximum Gasteiger partial charge on any atom is 0.239 e. The van der Waals surface area contributed by atoms with Crippen LogP contribution in [0.1, 0.15) is 12.8 Å². The minimum atomic E-state index is -3.37. The number of aromatic hydroxyl groups is 1. The molecule has 2 rings (SSSR count). The summed E-state index contributed by atoms with van der Waals surface area (Å²) in [5.74, 6) is -0.117. The molecule has 26 heavy (non-hydrogen) atoms. The molecule has 1 aromatic carbocycles. The fraction of sp³-hybridized carbons (Fsp3) is 0.438. The van der Waals surface area contributed by atoms with Gasteiger partial charge < -0.3 is 15.7 Å². The van der Waals surface area contributed by atoms with E-state index in [2.05, 4.69) is 17.2 Å². The Morgan fingerprint density at radius 1 is 1.31 bits per heavy atom. The first-order valence-electron chi connectivity index (χ1n) is 8.04. The summed E-state index contributed by atoms with van der Waals surface area (Å²) < 4.78 is 24.8. The SMILES string of the molecule is C=CS(=O)(=O)N1CCC(CNC(=O)CNc2cc(Cl)c(Cl)cc2O)CC1. The van der Waals surface area contributed by atoms with Crippen LogP contribution in [0.15, 0.2) is 24.1 Å². The summed E-state index contributed by atoms with van der Waals surface area (Å²) in [7, 11) is -3.37. The van der Waals surface area contributed by atoms with E-state index in [-0.39, 0.29) is 34.2 Å². The minimum Gasteiger partial charge on any atom is -0.506 e. The molecule has 1 heterocycles. The molecule has 3 N–H and O–H groups in total. The van der Waals surface area contributed by atoms with Crippen molar-refractivity contribution in [2.45, 2.75) is 12.8 Å². The van der Waals surface area contributed by atoms with E-state index >= 15 is 0 Å². The van der Waals surface area contributed by atoms with E-state index in [1.165, 1.54) is 16.4 Å². The van der Waals surface area contributed by atoms with E-state index in [4.69, 9.17) is 23.2 Å². The number of phenols is 1. The van der Waals surface area contributed by atoms with E-state index < -0.39 is 10.0 Å². The van der Waals surface area contributed by atoms with Gasteiger partial charge in [-0.2, -0.15) is 4.31 Å². The first kappa shape index (κ1) is 20.8. The van der Waals surface area contributed by atoms with Crippen molar-refractivity contribution >= 4 is 44.8 Å². The van der Waals surface area contributed by atoms with Gasteiger partial charge >= 0.3 is 0 Å². The smallest absolute Gasteiger partial charge is 0.239 e. The van der Waals surface area contributed by atoms with Crippen LogP contribution in [0.4, 0.5) is 5.69 Å². The molecule has 1 aliphatic rings. The molecule has 1 aliphatic heterocycles. The van der Waals surface area contributed by atoms with Crippen molar-refractivity contribution in [1.82, 2.24) is 9.62 Å².